The van der Waals surface area contributed by atoms with Gasteiger partial charge in [0.05, 0.1) is 18.0 Å². The standard InChI is InChI=1S/C19H15N3O4S/c23-8-7-22-17(11-14(21-22)16-6-3-9-27-16)20-18(24)13-10-12-4-1-2-5-15(12)26-19(13)25/h1-6,9-11,23H,7-8H2,(H,20,24). The van der Waals surface area contributed by atoms with Crippen molar-refractivity contribution in [1.29, 1.82) is 0 Å². The highest BCUT2D eigenvalue weighted by Gasteiger charge is 2.17. The number of nitrogens with zero attached hydrogens (tertiary/aromatic N) is 2. The van der Waals surface area contributed by atoms with Crippen molar-refractivity contribution in [3.8, 4) is 10.6 Å². The number of anilines is 1. The van der Waals surface area contributed by atoms with Crippen molar-refractivity contribution in [3.05, 3.63) is 69.9 Å². The molecular weight excluding hydrogens is 366 g/mol. The molecule has 0 saturated carbocycles. The molecule has 7 nitrogen and oxygen atoms in total. The molecule has 0 aliphatic heterocycles. The molecule has 2 N–H and O–H groups in total. The van der Waals surface area contributed by atoms with Crippen molar-refractivity contribution in [1.82, 2.24) is 9.78 Å². The van der Waals surface area contributed by atoms with E-state index >= 15 is 0 Å². The average Bonchev–Trinajstić information content (AvgIpc) is 3.32. The number of aliphatic hydroxyl groups excluding tert-OH is 1. The summed E-state index contributed by atoms with van der Waals surface area (Å²) in [4.78, 5) is 25.8. The zero-order chi connectivity index (χ0) is 18.8. The number of benzene rings is 1. The minimum Gasteiger partial charge on any atom is -0.422 e. The average molecular weight is 381 g/mol. The van der Waals surface area contributed by atoms with Crippen molar-refractivity contribution in [2.45, 2.75) is 6.54 Å². The Bertz CT molecular complexity index is 1160. The van der Waals surface area contributed by atoms with Crippen molar-refractivity contribution < 1.29 is 14.3 Å². The number of amides is 1. The van der Waals surface area contributed by atoms with Crippen LogP contribution in [0.15, 0.2) is 63.1 Å². The van der Waals surface area contributed by atoms with E-state index in [2.05, 4.69) is 10.4 Å². The molecule has 0 saturated heterocycles. The topological polar surface area (TPSA) is 97.4 Å². The lowest BCUT2D eigenvalue weighted by Gasteiger charge is -2.07. The van der Waals surface area contributed by atoms with Crippen molar-refractivity contribution in [3.63, 3.8) is 0 Å². The molecule has 0 spiro atoms. The number of carbonyl (C=O) groups excluding carboxylic acids is 1. The summed E-state index contributed by atoms with van der Waals surface area (Å²) < 4.78 is 6.71. The SMILES string of the molecule is O=C(Nc1cc(-c2cccs2)nn1CCO)c1cc2ccccc2oc1=O. The van der Waals surface area contributed by atoms with Crippen LogP contribution in [-0.2, 0) is 6.54 Å². The molecule has 0 aliphatic rings. The molecule has 3 aromatic heterocycles. The first-order valence-corrected chi connectivity index (χ1v) is 9.10. The highest BCUT2D eigenvalue weighted by molar-refractivity contribution is 7.13. The van der Waals surface area contributed by atoms with E-state index in [-0.39, 0.29) is 18.7 Å². The molecule has 136 valence electrons. The molecule has 4 rings (SSSR count). The van der Waals surface area contributed by atoms with Crippen LogP contribution < -0.4 is 10.9 Å². The smallest absolute Gasteiger partial charge is 0.349 e. The van der Waals surface area contributed by atoms with Crippen LogP contribution in [0.25, 0.3) is 21.5 Å². The van der Waals surface area contributed by atoms with Gasteiger partial charge in [-0.15, -0.1) is 11.3 Å². The number of thiophene rings is 1. The number of carbonyl (C=O) groups is 1. The lowest BCUT2D eigenvalue weighted by atomic mass is 10.2. The number of para-hydroxylation sites is 1. The summed E-state index contributed by atoms with van der Waals surface area (Å²) in [6, 6.07) is 14.0. The second-order valence-electron chi connectivity index (χ2n) is 5.78. The molecule has 0 unspecified atom stereocenters. The van der Waals surface area contributed by atoms with Gasteiger partial charge in [0.15, 0.2) is 0 Å². The first-order valence-electron chi connectivity index (χ1n) is 8.22. The molecule has 4 aromatic rings. The molecule has 1 amide bonds. The molecule has 27 heavy (non-hydrogen) atoms. The van der Waals surface area contributed by atoms with Crippen LogP contribution in [0.4, 0.5) is 5.82 Å². The number of hydrogen-bond acceptors (Lipinski definition) is 6. The summed E-state index contributed by atoms with van der Waals surface area (Å²) >= 11 is 1.52. The van der Waals surface area contributed by atoms with Gasteiger partial charge in [-0.1, -0.05) is 24.3 Å². The maximum Gasteiger partial charge on any atom is 0.349 e. The quantitative estimate of drug-likeness (QED) is 0.518. The second-order valence-corrected chi connectivity index (χ2v) is 6.73. The van der Waals surface area contributed by atoms with Crippen molar-refractivity contribution in [2.24, 2.45) is 0 Å². The number of nitrogens with one attached hydrogen (secondary N) is 1. The third kappa shape index (κ3) is 3.40. The van der Waals surface area contributed by atoms with Gasteiger partial charge in [0.25, 0.3) is 5.91 Å². The summed E-state index contributed by atoms with van der Waals surface area (Å²) in [5, 5.41) is 19.0. The van der Waals surface area contributed by atoms with Gasteiger partial charge in [-0.2, -0.15) is 5.10 Å². The number of hydrogen-bond donors (Lipinski definition) is 2. The Labute approximate surface area is 157 Å². The zero-order valence-electron chi connectivity index (χ0n) is 14.1. The van der Waals surface area contributed by atoms with Crippen LogP contribution >= 0.6 is 11.3 Å². The Morgan fingerprint density at radius 3 is 2.85 bits per heavy atom. The van der Waals surface area contributed by atoms with Gasteiger partial charge in [0.2, 0.25) is 0 Å². The predicted molar refractivity (Wildman–Crippen MR) is 103 cm³/mol. The molecule has 0 atom stereocenters. The summed E-state index contributed by atoms with van der Waals surface area (Å²) in [5.74, 6) is -0.198. The molecular formula is C19H15N3O4S. The van der Waals surface area contributed by atoms with Crippen LogP contribution in [0.5, 0.6) is 0 Å². The number of rotatable bonds is 5. The highest BCUT2D eigenvalue weighted by Crippen LogP contribution is 2.26. The molecule has 0 bridgehead atoms. The van der Waals surface area contributed by atoms with Gasteiger partial charge in [0.1, 0.15) is 22.7 Å². The maximum atomic E-state index is 12.7. The predicted octanol–water partition coefficient (Wildman–Crippen LogP) is 2.96. The first-order chi connectivity index (χ1) is 13.2. The molecule has 0 aliphatic carbocycles. The van der Waals surface area contributed by atoms with E-state index in [1.807, 2.05) is 17.5 Å². The van der Waals surface area contributed by atoms with Gasteiger partial charge in [-0.25, -0.2) is 9.48 Å². The van der Waals surface area contributed by atoms with Crippen molar-refractivity contribution >= 4 is 34.0 Å². The van der Waals surface area contributed by atoms with Crippen LogP contribution in [0.1, 0.15) is 10.4 Å². The van der Waals surface area contributed by atoms with E-state index in [1.165, 1.54) is 22.1 Å². The molecule has 0 radical (unpaired) electrons. The monoisotopic (exact) mass is 381 g/mol. The third-order valence-electron chi connectivity index (χ3n) is 3.99. The Kier molecular flexibility index (Phi) is 4.57. The van der Waals surface area contributed by atoms with Gasteiger partial charge < -0.3 is 14.8 Å². The van der Waals surface area contributed by atoms with Gasteiger partial charge in [0, 0.05) is 11.5 Å². The Morgan fingerprint density at radius 1 is 1.22 bits per heavy atom. The minimum atomic E-state index is -0.710. The van der Waals surface area contributed by atoms with E-state index in [0.717, 1.165) is 4.88 Å². The maximum absolute atomic E-state index is 12.7. The van der Waals surface area contributed by atoms with Crippen molar-refractivity contribution in [2.75, 3.05) is 11.9 Å². The Balaban J connectivity index is 1.68. The van der Waals surface area contributed by atoms with Crippen LogP contribution in [0.2, 0.25) is 0 Å². The van der Waals surface area contributed by atoms with Crippen LogP contribution in [-0.4, -0.2) is 27.4 Å². The summed E-state index contributed by atoms with van der Waals surface area (Å²) in [5.41, 5.74) is 0.296. The van der Waals surface area contributed by atoms with E-state index in [1.54, 1.807) is 30.3 Å². The van der Waals surface area contributed by atoms with Crippen LogP contribution in [0, 0.1) is 0 Å². The third-order valence-corrected chi connectivity index (χ3v) is 4.89. The largest absolute Gasteiger partial charge is 0.422 e. The molecule has 3 heterocycles. The van der Waals surface area contributed by atoms with Crippen LogP contribution in [0.3, 0.4) is 0 Å². The fraction of sp³-hybridized carbons (Fsp3) is 0.105. The lowest BCUT2D eigenvalue weighted by Crippen LogP contribution is -2.22. The van der Waals surface area contributed by atoms with Gasteiger partial charge in [-0.05, 0) is 23.6 Å². The minimum absolute atomic E-state index is 0.0943. The van der Waals surface area contributed by atoms with Gasteiger partial charge >= 0.3 is 5.63 Å². The summed E-state index contributed by atoms with van der Waals surface area (Å²) in [7, 11) is 0. The number of aromatic nitrogens is 2. The molecule has 0 fully saturated rings. The zero-order valence-corrected chi connectivity index (χ0v) is 14.9. The summed E-state index contributed by atoms with van der Waals surface area (Å²) in [6.07, 6.45) is 0. The Morgan fingerprint density at radius 2 is 2.07 bits per heavy atom. The van der Waals surface area contributed by atoms with E-state index in [4.69, 9.17) is 4.42 Å². The number of fused-ring (bicyclic) bond motifs is 1. The first kappa shape index (κ1) is 17.2. The van der Waals surface area contributed by atoms with Gasteiger partial charge in [-0.3, -0.25) is 4.79 Å². The molecule has 8 heteroatoms. The second kappa shape index (κ2) is 7.18. The fourth-order valence-corrected chi connectivity index (χ4v) is 3.41. The van der Waals surface area contributed by atoms with E-state index < -0.39 is 11.5 Å². The summed E-state index contributed by atoms with van der Waals surface area (Å²) in [6.45, 7) is 0.0832. The van der Waals surface area contributed by atoms with E-state index in [0.29, 0.717) is 22.5 Å². The normalized spacial score (nSPS) is 11.0. The fourth-order valence-electron chi connectivity index (χ4n) is 2.73. The Hall–Kier alpha value is -3.23. The highest BCUT2D eigenvalue weighted by atomic mass is 32.1. The lowest BCUT2D eigenvalue weighted by molar-refractivity contribution is 0.102. The molecule has 1 aromatic carbocycles. The van der Waals surface area contributed by atoms with E-state index in [9.17, 15) is 14.7 Å². The number of aliphatic hydroxyl groups is 1.